The van der Waals surface area contributed by atoms with Gasteiger partial charge in [0.15, 0.2) is 0 Å². The Morgan fingerprint density at radius 3 is 2.60 bits per heavy atom. The van der Waals surface area contributed by atoms with E-state index in [4.69, 9.17) is 0 Å². The standard InChI is InChI=1S/C19H17BrFN3O/c1-12-9-14(3-8-18(12)21)10-22-19(25)17-11-23-24(13(17)2)16-6-4-15(20)5-7-16/h3-9,11H,10H2,1-2H3,(H,22,25). The topological polar surface area (TPSA) is 46.9 Å². The molecule has 2 aromatic carbocycles. The molecule has 0 radical (unpaired) electrons. The van der Waals surface area contributed by atoms with E-state index in [1.807, 2.05) is 31.2 Å². The van der Waals surface area contributed by atoms with Crippen LogP contribution in [0.4, 0.5) is 4.39 Å². The van der Waals surface area contributed by atoms with Crippen LogP contribution in [0.1, 0.15) is 27.2 Å². The van der Waals surface area contributed by atoms with Crippen LogP contribution in [0.5, 0.6) is 0 Å². The number of amides is 1. The Bertz CT molecular complexity index is 919. The van der Waals surface area contributed by atoms with Gasteiger partial charge in [-0.05, 0) is 55.3 Å². The highest BCUT2D eigenvalue weighted by Gasteiger charge is 2.15. The zero-order chi connectivity index (χ0) is 18.0. The van der Waals surface area contributed by atoms with Crippen molar-refractivity contribution >= 4 is 21.8 Å². The molecule has 1 N–H and O–H groups in total. The molecule has 0 bridgehead atoms. The Morgan fingerprint density at radius 1 is 1.20 bits per heavy atom. The molecule has 4 nitrogen and oxygen atoms in total. The van der Waals surface area contributed by atoms with Gasteiger partial charge in [-0.3, -0.25) is 4.79 Å². The van der Waals surface area contributed by atoms with Crippen molar-refractivity contribution in [2.24, 2.45) is 0 Å². The zero-order valence-electron chi connectivity index (χ0n) is 13.9. The van der Waals surface area contributed by atoms with Gasteiger partial charge in [0.05, 0.1) is 23.1 Å². The minimum Gasteiger partial charge on any atom is -0.348 e. The van der Waals surface area contributed by atoms with Crippen LogP contribution < -0.4 is 5.32 Å². The summed E-state index contributed by atoms with van der Waals surface area (Å²) in [7, 11) is 0. The summed E-state index contributed by atoms with van der Waals surface area (Å²) in [6.07, 6.45) is 1.56. The van der Waals surface area contributed by atoms with Crippen molar-refractivity contribution in [3.63, 3.8) is 0 Å². The maximum absolute atomic E-state index is 13.3. The molecule has 3 aromatic rings. The predicted octanol–water partition coefficient (Wildman–Crippen LogP) is 4.32. The normalized spacial score (nSPS) is 10.7. The summed E-state index contributed by atoms with van der Waals surface area (Å²) < 4.78 is 16.0. The SMILES string of the molecule is Cc1cc(CNC(=O)c2cnn(-c3ccc(Br)cc3)c2C)ccc1F. The van der Waals surface area contributed by atoms with Crippen LogP contribution in [-0.2, 0) is 6.54 Å². The summed E-state index contributed by atoms with van der Waals surface area (Å²) in [6, 6.07) is 12.5. The van der Waals surface area contributed by atoms with E-state index in [2.05, 4.69) is 26.3 Å². The van der Waals surface area contributed by atoms with Gasteiger partial charge in [-0.15, -0.1) is 0 Å². The fraction of sp³-hybridized carbons (Fsp3) is 0.158. The minimum absolute atomic E-state index is 0.206. The molecule has 0 aliphatic heterocycles. The van der Waals surface area contributed by atoms with Gasteiger partial charge in [0.1, 0.15) is 5.82 Å². The average molecular weight is 402 g/mol. The second kappa shape index (κ2) is 7.19. The predicted molar refractivity (Wildman–Crippen MR) is 98.3 cm³/mol. The number of hydrogen-bond acceptors (Lipinski definition) is 2. The van der Waals surface area contributed by atoms with Gasteiger partial charge in [0.2, 0.25) is 0 Å². The van der Waals surface area contributed by atoms with E-state index in [9.17, 15) is 9.18 Å². The van der Waals surface area contributed by atoms with Crippen LogP contribution in [0.3, 0.4) is 0 Å². The van der Waals surface area contributed by atoms with E-state index < -0.39 is 0 Å². The van der Waals surface area contributed by atoms with Crippen molar-refractivity contribution in [2.75, 3.05) is 0 Å². The third kappa shape index (κ3) is 3.79. The lowest BCUT2D eigenvalue weighted by molar-refractivity contribution is 0.0950. The molecule has 128 valence electrons. The molecule has 3 rings (SSSR count). The third-order valence-electron chi connectivity index (χ3n) is 4.00. The third-order valence-corrected chi connectivity index (χ3v) is 4.53. The molecule has 0 aliphatic rings. The van der Waals surface area contributed by atoms with Gasteiger partial charge in [-0.25, -0.2) is 9.07 Å². The quantitative estimate of drug-likeness (QED) is 0.707. The van der Waals surface area contributed by atoms with Crippen molar-refractivity contribution in [2.45, 2.75) is 20.4 Å². The number of halogens is 2. The van der Waals surface area contributed by atoms with Crippen LogP contribution in [0.25, 0.3) is 5.69 Å². The van der Waals surface area contributed by atoms with Gasteiger partial charge in [0, 0.05) is 11.0 Å². The monoisotopic (exact) mass is 401 g/mol. The molecule has 0 saturated carbocycles. The van der Waals surface area contributed by atoms with E-state index in [0.717, 1.165) is 21.4 Å². The lowest BCUT2D eigenvalue weighted by atomic mass is 10.1. The molecule has 1 heterocycles. The molecule has 0 spiro atoms. The van der Waals surface area contributed by atoms with E-state index >= 15 is 0 Å². The Kier molecular flexibility index (Phi) is 4.99. The minimum atomic E-state index is -0.248. The lowest BCUT2D eigenvalue weighted by Crippen LogP contribution is -2.23. The molecule has 1 aromatic heterocycles. The first-order valence-corrected chi connectivity index (χ1v) is 8.59. The number of nitrogens with one attached hydrogen (secondary N) is 1. The van der Waals surface area contributed by atoms with Crippen molar-refractivity contribution < 1.29 is 9.18 Å². The average Bonchev–Trinajstić information content (AvgIpc) is 2.98. The molecule has 6 heteroatoms. The summed E-state index contributed by atoms with van der Waals surface area (Å²) in [5.74, 6) is -0.454. The summed E-state index contributed by atoms with van der Waals surface area (Å²) in [5.41, 5.74) is 3.57. The lowest BCUT2D eigenvalue weighted by Gasteiger charge is -2.08. The molecule has 0 fully saturated rings. The van der Waals surface area contributed by atoms with Gasteiger partial charge < -0.3 is 5.32 Å². The number of hydrogen-bond donors (Lipinski definition) is 1. The molecule has 1 amide bonds. The van der Waals surface area contributed by atoms with Crippen LogP contribution in [0.15, 0.2) is 53.1 Å². The van der Waals surface area contributed by atoms with Gasteiger partial charge >= 0.3 is 0 Å². The van der Waals surface area contributed by atoms with E-state index in [0.29, 0.717) is 17.7 Å². The summed E-state index contributed by atoms with van der Waals surface area (Å²) >= 11 is 3.40. The van der Waals surface area contributed by atoms with Gasteiger partial charge in [0.25, 0.3) is 5.91 Å². The van der Waals surface area contributed by atoms with Crippen molar-refractivity contribution in [1.29, 1.82) is 0 Å². The highest BCUT2D eigenvalue weighted by molar-refractivity contribution is 9.10. The Hall–Kier alpha value is -2.47. The second-order valence-corrected chi connectivity index (χ2v) is 6.71. The highest BCUT2D eigenvalue weighted by Crippen LogP contribution is 2.17. The first-order valence-electron chi connectivity index (χ1n) is 7.79. The van der Waals surface area contributed by atoms with Crippen LogP contribution >= 0.6 is 15.9 Å². The van der Waals surface area contributed by atoms with Gasteiger partial charge in [-0.2, -0.15) is 5.10 Å². The van der Waals surface area contributed by atoms with Crippen molar-refractivity contribution in [3.8, 4) is 5.69 Å². The molecule has 0 saturated heterocycles. The summed E-state index contributed by atoms with van der Waals surface area (Å²) in [5, 5.41) is 7.16. The fourth-order valence-corrected chi connectivity index (χ4v) is 2.83. The largest absolute Gasteiger partial charge is 0.348 e. The maximum Gasteiger partial charge on any atom is 0.255 e. The molecule has 0 atom stereocenters. The van der Waals surface area contributed by atoms with Crippen LogP contribution in [0.2, 0.25) is 0 Å². The molecule has 0 aliphatic carbocycles. The summed E-state index contributed by atoms with van der Waals surface area (Å²) in [6.45, 7) is 3.89. The van der Waals surface area contributed by atoms with E-state index in [1.54, 1.807) is 29.9 Å². The van der Waals surface area contributed by atoms with Crippen molar-refractivity contribution in [1.82, 2.24) is 15.1 Å². The number of aromatic nitrogens is 2. The first kappa shape index (κ1) is 17.4. The maximum atomic E-state index is 13.3. The number of nitrogens with zero attached hydrogens (tertiary/aromatic N) is 2. The molecule has 0 unspecified atom stereocenters. The van der Waals surface area contributed by atoms with Gasteiger partial charge in [-0.1, -0.05) is 28.1 Å². The van der Waals surface area contributed by atoms with E-state index in [-0.39, 0.29) is 11.7 Å². The fourth-order valence-electron chi connectivity index (χ4n) is 2.57. The molecular weight excluding hydrogens is 385 g/mol. The number of carbonyl (C=O) groups excluding carboxylic acids is 1. The number of aryl methyl sites for hydroxylation is 1. The Labute approximate surface area is 153 Å². The van der Waals surface area contributed by atoms with Crippen LogP contribution in [0, 0.1) is 19.7 Å². The van der Waals surface area contributed by atoms with Crippen LogP contribution in [-0.4, -0.2) is 15.7 Å². The number of benzene rings is 2. The Balaban J connectivity index is 1.74. The number of rotatable bonds is 4. The molecular formula is C19H17BrFN3O. The highest BCUT2D eigenvalue weighted by atomic mass is 79.9. The summed E-state index contributed by atoms with van der Waals surface area (Å²) in [4.78, 5) is 12.4. The zero-order valence-corrected chi connectivity index (χ0v) is 15.5. The van der Waals surface area contributed by atoms with E-state index in [1.165, 1.54) is 6.07 Å². The second-order valence-electron chi connectivity index (χ2n) is 5.80. The Morgan fingerprint density at radius 2 is 1.92 bits per heavy atom. The van der Waals surface area contributed by atoms with Crippen molar-refractivity contribution in [3.05, 3.63) is 81.3 Å². The molecule has 25 heavy (non-hydrogen) atoms. The smallest absolute Gasteiger partial charge is 0.255 e. The first-order chi connectivity index (χ1) is 12.0. The number of carbonyl (C=O) groups is 1.